The van der Waals surface area contributed by atoms with E-state index in [0.29, 0.717) is 10.8 Å². The molecule has 0 aliphatic rings. The van der Waals surface area contributed by atoms with Crippen molar-refractivity contribution in [2.24, 2.45) is 0 Å². The first kappa shape index (κ1) is 9.45. The lowest BCUT2D eigenvalue weighted by molar-refractivity contribution is 0.0698. The number of rotatable bonds is 1. The summed E-state index contributed by atoms with van der Waals surface area (Å²) in [6, 6.07) is 6.96. The first-order chi connectivity index (χ1) is 7.09. The van der Waals surface area contributed by atoms with E-state index in [0.717, 1.165) is 0 Å². The standard InChI is InChI=1S/C11H8FNO2/c12-7-2-4-8-6(5-7)1-3-9(10(8)13)11(14)15/h1-5H,13H2,(H,14,15). The highest BCUT2D eigenvalue weighted by Gasteiger charge is 2.10. The Kier molecular flexibility index (Phi) is 2.04. The van der Waals surface area contributed by atoms with Crippen LogP contribution in [0.4, 0.5) is 10.1 Å². The van der Waals surface area contributed by atoms with Gasteiger partial charge in [0.25, 0.3) is 0 Å². The number of nitrogens with two attached hydrogens (primary N) is 1. The Balaban J connectivity index is 2.80. The van der Waals surface area contributed by atoms with Crippen molar-refractivity contribution in [3.63, 3.8) is 0 Å². The number of hydrogen-bond donors (Lipinski definition) is 2. The van der Waals surface area contributed by atoms with Crippen LogP contribution in [0.1, 0.15) is 10.4 Å². The lowest BCUT2D eigenvalue weighted by Gasteiger charge is -2.05. The average Bonchev–Trinajstić information content (AvgIpc) is 2.17. The van der Waals surface area contributed by atoms with E-state index in [9.17, 15) is 9.18 Å². The second kappa shape index (κ2) is 3.24. The van der Waals surface area contributed by atoms with E-state index in [1.807, 2.05) is 0 Å². The summed E-state index contributed by atoms with van der Waals surface area (Å²) in [4.78, 5) is 10.8. The maximum atomic E-state index is 12.9. The van der Waals surface area contributed by atoms with E-state index in [1.165, 1.54) is 30.3 Å². The maximum absolute atomic E-state index is 12.9. The van der Waals surface area contributed by atoms with Crippen LogP contribution in [0, 0.1) is 5.82 Å². The summed E-state index contributed by atoms with van der Waals surface area (Å²) in [5.74, 6) is -1.45. The molecule has 0 spiro atoms. The molecule has 76 valence electrons. The minimum Gasteiger partial charge on any atom is -0.478 e. The fourth-order valence-corrected chi connectivity index (χ4v) is 1.51. The molecule has 0 aromatic heterocycles. The van der Waals surface area contributed by atoms with Gasteiger partial charge in [0.15, 0.2) is 0 Å². The maximum Gasteiger partial charge on any atom is 0.337 e. The summed E-state index contributed by atoms with van der Waals surface area (Å²) >= 11 is 0. The topological polar surface area (TPSA) is 63.3 Å². The zero-order valence-electron chi connectivity index (χ0n) is 7.70. The molecule has 0 aliphatic carbocycles. The van der Waals surface area contributed by atoms with Gasteiger partial charge in [-0.25, -0.2) is 9.18 Å². The molecule has 4 heteroatoms. The molecule has 0 aliphatic heterocycles. The largest absolute Gasteiger partial charge is 0.478 e. The number of halogens is 1. The molecule has 0 radical (unpaired) electrons. The second-order valence-electron chi connectivity index (χ2n) is 3.20. The third-order valence-electron chi connectivity index (χ3n) is 2.25. The molecule has 0 unspecified atom stereocenters. The predicted molar refractivity (Wildman–Crippen MR) is 55.3 cm³/mol. The number of carboxylic acid groups (broad SMARTS) is 1. The highest BCUT2D eigenvalue weighted by atomic mass is 19.1. The number of benzene rings is 2. The highest BCUT2D eigenvalue weighted by Crippen LogP contribution is 2.25. The molecular weight excluding hydrogens is 197 g/mol. The number of fused-ring (bicyclic) bond motifs is 1. The number of hydrogen-bond acceptors (Lipinski definition) is 2. The quantitative estimate of drug-likeness (QED) is 0.702. The van der Waals surface area contributed by atoms with Crippen molar-refractivity contribution < 1.29 is 14.3 Å². The molecule has 3 N–H and O–H groups in total. The Morgan fingerprint density at radius 2 is 2.00 bits per heavy atom. The molecule has 2 aromatic rings. The molecule has 0 bridgehead atoms. The molecule has 2 rings (SSSR count). The van der Waals surface area contributed by atoms with Crippen molar-refractivity contribution in [1.82, 2.24) is 0 Å². The van der Waals surface area contributed by atoms with Crippen molar-refractivity contribution in [1.29, 1.82) is 0 Å². The van der Waals surface area contributed by atoms with Gasteiger partial charge in [-0.2, -0.15) is 0 Å². The second-order valence-corrected chi connectivity index (χ2v) is 3.20. The molecule has 15 heavy (non-hydrogen) atoms. The van der Waals surface area contributed by atoms with Crippen LogP contribution in [0.3, 0.4) is 0 Å². The van der Waals surface area contributed by atoms with Gasteiger partial charge in [-0.05, 0) is 29.7 Å². The van der Waals surface area contributed by atoms with Gasteiger partial charge in [-0.3, -0.25) is 0 Å². The SMILES string of the molecule is Nc1c(C(=O)O)ccc2cc(F)ccc12. The third kappa shape index (κ3) is 1.50. The Hall–Kier alpha value is -2.10. The Morgan fingerprint density at radius 3 is 2.67 bits per heavy atom. The van der Waals surface area contributed by atoms with Crippen LogP contribution in [-0.4, -0.2) is 11.1 Å². The smallest absolute Gasteiger partial charge is 0.337 e. The number of anilines is 1. The fraction of sp³-hybridized carbons (Fsp3) is 0. The molecule has 3 nitrogen and oxygen atoms in total. The van der Waals surface area contributed by atoms with E-state index < -0.39 is 5.97 Å². The van der Waals surface area contributed by atoms with E-state index in [1.54, 1.807) is 0 Å². The Labute approximate surface area is 84.9 Å². The van der Waals surface area contributed by atoms with E-state index in [-0.39, 0.29) is 17.1 Å². The summed E-state index contributed by atoms with van der Waals surface area (Å²) in [5.41, 5.74) is 5.87. The summed E-state index contributed by atoms with van der Waals surface area (Å²) in [5, 5.41) is 9.97. The van der Waals surface area contributed by atoms with Gasteiger partial charge in [0, 0.05) is 5.39 Å². The fourth-order valence-electron chi connectivity index (χ4n) is 1.51. The first-order valence-electron chi connectivity index (χ1n) is 4.30. The molecule has 2 aromatic carbocycles. The molecule has 0 saturated carbocycles. The number of nitrogen functional groups attached to an aromatic ring is 1. The van der Waals surface area contributed by atoms with Gasteiger partial charge in [-0.15, -0.1) is 0 Å². The molecule has 0 fully saturated rings. The summed E-state index contributed by atoms with van der Waals surface area (Å²) in [6.07, 6.45) is 0. The summed E-state index contributed by atoms with van der Waals surface area (Å²) in [6.45, 7) is 0. The lowest BCUT2D eigenvalue weighted by Crippen LogP contribution is -2.02. The van der Waals surface area contributed by atoms with Crippen molar-refractivity contribution >= 4 is 22.4 Å². The monoisotopic (exact) mass is 205 g/mol. The van der Waals surface area contributed by atoms with Gasteiger partial charge in [0.05, 0.1) is 11.3 Å². The summed E-state index contributed by atoms with van der Waals surface area (Å²) in [7, 11) is 0. The van der Waals surface area contributed by atoms with Crippen molar-refractivity contribution in [2.45, 2.75) is 0 Å². The van der Waals surface area contributed by atoms with Gasteiger partial charge in [-0.1, -0.05) is 6.07 Å². The minimum absolute atomic E-state index is 0.0362. The number of aromatic carboxylic acids is 1. The third-order valence-corrected chi connectivity index (χ3v) is 2.25. The summed E-state index contributed by atoms with van der Waals surface area (Å²) < 4.78 is 12.9. The predicted octanol–water partition coefficient (Wildman–Crippen LogP) is 2.26. The number of carbonyl (C=O) groups is 1. The van der Waals surface area contributed by atoms with E-state index >= 15 is 0 Å². The van der Waals surface area contributed by atoms with Gasteiger partial charge in [0.1, 0.15) is 5.82 Å². The van der Waals surface area contributed by atoms with Gasteiger partial charge < -0.3 is 10.8 Å². The molecule has 0 heterocycles. The number of carboxylic acids is 1. The Morgan fingerprint density at radius 1 is 1.27 bits per heavy atom. The van der Waals surface area contributed by atoms with Crippen molar-refractivity contribution in [3.05, 3.63) is 41.7 Å². The lowest BCUT2D eigenvalue weighted by atomic mass is 10.0. The van der Waals surface area contributed by atoms with Crippen LogP contribution in [0.15, 0.2) is 30.3 Å². The zero-order chi connectivity index (χ0) is 11.0. The average molecular weight is 205 g/mol. The van der Waals surface area contributed by atoms with Gasteiger partial charge in [0.2, 0.25) is 0 Å². The van der Waals surface area contributed by atoms with E-state index in [4.69, 9.17) is 10.8 Å². The zero-order valence-corrected chi connectivity index (χ0v) is 7.70. The van der Waals surface area contributed by atoms with Crippen LogP contribution in [0.2, 0.25) is 0 Å². The molecular formula is C11H8FNO2. The molecule has 0 saturated heterocycles. The van der Waals surface area contributed by atoms with Crippen molar-refractivity contribution in [3.8, 4) is 0 Å². The van der Waals surface area contributed by atoms with Gasteiger partial charge >= 0.3 is 5.97 Å². The van der Waals surface area contributed by atoms with Crippen LogP contribution >= 0.6 is 0 Å². The Bertz CT molecular complexity index is 552. The normalized spacial score (nSPS) is 10.5. The van der Waals surface area contributed by atoms with Crippen LogP contribution in [0.25, 0.3) is 10.8 Å². The minimum atomic E-state index is -1.08. The molecule has 0 atom stereocenters. The van der Waals surface area contributed by atoms with Crippen molar-refractivity contribution in [2.75, 3.05) is 5.73 Å². The van der Waals surface area contributed by atoms with Crippen LogP contribution in [0.5, 0.6) is 0 Å². The van der Waals surface area contributed by atoms with Crippen LogP contribution < -0.4 is 5.73 Å². The first-order valence-corrected chi connectivity index (χ1v) is 4.30. The molecule has 0 amide bonds. The van der Waals surface area contributed by atoms with E-state index in [2.05, 4.69) is 0 Å². The van der Waals surface area contributed by atoms with Crippen LogP contribution in [-0.2, 0) is 0 Å². The highest BCUT2D eigenvalue weighted by molar-refractivity contribution is 6.04.